The second kappa shape index (κ2) is 4.63. The predicted octanol–water partition coefficient (Wildman–Crippen LogP) is 2.28. The van der Waals surface area contributed by atoms with Crippen molar-refractivity contribution in [3.63, 3.8) is 0 Å². The normalized spacial score (nSPS) is 13.4. The second-order valence-electron chi connectivity index (χ2n) is 3.23. The van der Waals surface area contributed by atoms with Crippen LogP contribution >= 0.6 is 0 Å². The number of nitrogens with one attached hydrogen (secondary N) is 2. The number of hydrogen-bond acceptors (Lipinski definition) is 2. The Morgan fingerprint density at radius 1 is 0.857 bits per heavy atom. The number of hydrogen-bond donors (Lipinski definition) is 2. The fourth-order valence-corrected chi connectivity index (χ4v) is 1.47. The maximum absolute atomic E-state index is 3.17. The molecule has 0 fully saturated rings. The summed E-state index contributed by atoms with van der Waals surface area (Å²) in [4.78, 5) is 0. The maximum atomic E-state index is 3.17. The summed E-state index contributed by atoms with van der Waals surface area (Å²) in [5, 5.41) is 0. The Balaban J connectivity index is 2.49. The van der Waals surface area contributed by atoms with Gasteiger partial charge in [0.1, 0.15) is 0 Å². The molecule has 0 unspecified atom stereocenters. The fraction of sp³-hybridized carbons (Fsp3) is 0.167. The molecule has 2 heteroatoms. The van der Waals surface area contributed by atoms with Crippen LogP contribution in [-0.4, -0.2) is 6.54 Å². The van der Waals surface area contributed by atoms with E-state index in [0.717, 1.165) is 18.7 Å². The molecule has 0 aliphatic carbocycles. The molecule has 0 radical (unpaired) electrons. The summed E-state index contributed by atoms with van der Waals surface area (Å²) in [5.74, 6) is 0. The van der Waals surface area contributed by atoms with Gasteiger partial charge in [-0.2, -0.15) is 0 Å². The fourth-order valence-electron chi connectivity index (χ4n) is 1.47. The van der Waals surface area contributed by atoms with Gasteiger partial charge >= 0.3 is 0 Å². The van der Waals surface area contributed by atoms with E-state index >= 15 is 0 Å². The van der Waals surface area contributed by atoms with Gasteiger partial charge in [-0.15, -0.1) is 0 Å². The standard InChI is InChI=1S/C12H14N2/c1-2-4-6-8-12-11(7-5-3-1)9-10-13-14-12/h1-8,13-14H,9-10H2. The van der Waals surface area contributed by atoms with Gasteiger partial charge in [0.2, 0.25) is 0 Å². The van der Waals surface area contributed by atoms with Crippen molar-refractivity contribution in [2.75, 3.05) is 12.0 Å². The molecular formula is C12H14N2. The topological polar surface area (TPSA) is 24.1 Å². The van der Waals surface area contributed by atoms with Gasteiger partial charge < -0.3 is 5.43 Å². The van der Waals surface area contributed by atoms with E-state index in [9.17, 15) is 0 Å². The lowest BCUT2D eigenvalue weighted by Crippen LogP contribution is -2.29. The van der Waals surface area contributed by atoms with E-state index < -0.39 is 0 Å². The highest BCUT2D eigenvalue weighted by atomic mass is 15.4. The molecule has 1 aliphatic rings. The molecule has 2 nitrogen and oxygen atoms in total. The molecule has 2 N–H and O–H groups in total. The Morgan fingerprint density at radius 3 is 2.43 bits per heavy atom. The van der Waals surface area contributed by atoms with Gasteiger partial charge in [-0.3, -0.25) is 0 Å². The van der Waals surface area contributed by atoms with E-state index in [1.54, 1.807) is 0 Å². The minimum Gasteiger partial charge on any atom is -0.321 e. The lowest BCUT2D eigenvalue weighted by Gasteiger charge is -2.16. The van der Waals surface area contributed by atoms with Crippen LogP contribution < -0.4 is 10.9 Å². The number of anilines is 1. The Labute approximate surface area is 84.3 Å². The predicted molar refractivity (Wildman–Crippen MR) is 59.4 cm³/mol. The number of fused-ring (bicyclic) bond motifs is 1. The largest absolute Gasteiger partial charge is 0.321 e. The molecule has 1 heterocycles. The first-order valence-corrected chi connectivity index (χ1v) is 4.87. The molecular weight excluding hydrogens is 172 g/mol. The van der Waals surface area contributed by atoms with Crippen LogP contribution in [0.5, 0.6) is 0 Å². The molecule has 1 aliphatic heterocycles. The van der Waals surface area contributed by atoms with Gasteiger partial charge in [-0.25, -0.2) is 5.43 Å². The first-order valence-electron chi connectivity index (χ1n) is 4.87. The quantitative estimate of drug-likeness (QED) is 0.649. The molecule has 1 aromatic rings. The van der Waals surface area contributed by atoms with Gasteiger partial charge in [0.05, 0.1) is 5.69 Å². The zero-order valence-electron chi connectivity index (χ0n) is 8.03. The van der Waals surface area contributed by atoms with Crippen LogP contribution in [0.4, 0.5) is 5.69 Å². The van der Waals surface area contributed by atoms with E-state index in [1.807, 2.05) is 30.3 Å². The second-order valence-corrected chi connectivity index (χ2v) is 3.23. The van der Waals surface area contributed by atoms with Gasteiger partial charge in [0.25, 0.3) is 0 Å². The average Bonchev–Trinajstić information content (AvgIpc) is 2.25. The van der Waals surface area contributed by atoms with Crippen LogP contribution in [0.1, 0.15) is 5.56 Å². The zero-order chi connectivity index (χ0) is 9.64. The summed E-state index contributed by atoms with van der Waals surface area (Å²) in [7, 11) is 0. The van der Waals surface area contributed by atoms with E-state index in [2.05, 4.69) is 29.1 Å². The van der Waals surface area contributed by atoms with Crippen molar-refractivity contribution in [2.24, 2.45) is 0 Å². The Bertz CT molecular complexity index is 324. The zero-order valence-corrected chi connectivity index (χ0v) is 8.03. The molecule has 0 amide bonds. The van der Waals surface area contributed by atoms with E-state index in [-0.39, 0.29) is 0 Å². The van der Waals surface area contributed by atoms with Gasteiger partial charge in [0.15, 0.2) is 0 Å². The van der Waals surface area contributed by atoms with Crippen molar-refractivity contribution < 1.29 is 0 Å². The Hall–Kier alpha value is -1.54. The maximum Gasteiger partial charge on any atom is 0.0520 e. The minimum absolute atomic E-state index is 0.983. The highest BCUT2D eigenvalue weighted by Gasteiger charge is 2.02. The molecule has 14 heavy (non-hydrogen) atoms. The molecule has 0 saturated carbocycles. The van der Waals surface area contributed by atoms with E-state index in [4.69, 9.17) is 0 Å². The average molecular weight is 186 g/mol. The van der Waals surface area contributed by atoms with Crippen LogP contribution in [-0.2, 0) is 6.42 Å². The van der Waals surface area contributed by atoms with Gasteiger partial charge in [0, 0.05) is 6.54 Å². The first-order chi connectivity index (χ1) is 6.97. The Kier molecular flexibility index (Phi) is 2.99. The Morgan fingerprint density at radius 2 is 1.57 bits per heavy atom. The lowest BCUT2D eigenvalue weighted by molar-refractivity contribution is 0.748. The molecule has 0 saturated heterocycles. The number of rotatable bonds is 0. The van der Waals surface area contributed by atoms with Crippen LogP contribution in [0.2, 0.25) is 0 Å². The monoisotopic (exact) mass is 186 g/mol. The summed E-state index contributed by atoms with van der Waals surface area (Å²) in [6.45, 7) is 0.983. The lowest BCUT2D eigenvalue weighted by atomic mass is 10.1. The van der Waals surface area contributed by atoms with Crippen molar-refractivity contribution in [2.45, 2.75) is 6.42 Å². The summed E-state index contributed by atoms with van der Waals surface area (Å²) < 4.78 is 0. The molecule has 0 spiro atoms. The summed E-state index contributed by atoms with van der Waals surface area (Å²) in [5.41, 5.74) is 8.81. The van der Waals surface area contributed by atoms with Gasteiger partial charge in [-0.05, 0) is 18.1 Å². The van der Waals surface area contributed by atoms with Crippen LogP contribution in [0.3, 0.4) is 0 Å². The van der Waals surface area contributed by atoms with Gasteiger partial charge in [-0.1, -0.05) is 42.5 Å². The summed E-state index contributed by atoms with van der Waals surface area (Å²) in [6, 6.07) is 16.5. The highest BCUT2D eigenvalue weighted by Crippen LogP contribution is 2.14. The third-order valence-corrected chi connectivity index (χ3v) is 2.20. The van der Waals surface area contributed by atoms with Crippen molar-refractivity contribution >= 4 is 5.69 Å². The number of hydrazine groups is 1. The highest BCUT2D eigenvalue weighted by molar-refractivity contribution is 5.50. The summed E-state index contributed by atoms with van der Waals surface area (Å²) in [6.07, 6.45) is 1.07. The molecule has 1 aromatic carbocycles. The molecule has 0 bridgehead atoms. The molecule has 0 atom stereocenters. The van der Waals surface area contributed by atoms with E-state index in [1.165, 1.54) is 5.56 Å². The van der Waals surface area contributed by atoms with Crippen LogP contribution in [0.25, 0.3) is 0 Å². The van der Waals surface area contributed by atoms with Crippen LogP contribution in [0, 0.1) is 0 Å². The first kappa shape index (κ1) is 9.03. The third kappa shape index (κ3) is 2.24. The molecule has 0 aromatic heterocycles. The minimum atomic E-state index is 0.983. The van der Waals surface area contributed by atoms with Crippen LogP contribution in [0.15, 0.2) is 48.5 Å². The summed E-state index contributed by atoms with van der Waals surface area (Å²) >= 11 is 0. The van der Waals surface area contributed by atoms with Crippen molar-refractivity contribution in [1.82, 2.24) is 5.43 Å². The molecule has 72 valence electrons. The van der Waals surface area contributed by atoms with Crippen molar-refractivity contribution in [3.8, 4) is 0 Å². The molecule has 2 rings (SSSR count). The smallest absolute Gasteiger partial charge is 0.0520 e. The van der Waals surface area contributed by atoms with E-state index in [0.29, 0.717) is 0 Å². The van der Waals surface area contributed by atoms with Crippen molar-refractivity contribution in [1.29, 1.82) is 0 Å². The van der Waals surface area contributed by atoms with Crippen molar-refractivity contribution in [3.05, 3.63) is 54.1 Å². The SMILES string of the molecule is c1ccccc2c(ccc1)CCNN2. The third-order valence-electron chi connectivity index (χ3n) is 2.20.